The van der Waals surface area contributed by atoms with Crippen LogP contribution in [0.1, 0.15) is 26.7 Å². The summed E-state index contributed by atoms with van der Waals surface area (Å²) in [5.41, 5.74) is 5.21. The van der Waals surface area contributed by atoms with Crippen molar-refractivity contribution in [2.24, 2.45) is 11.1 Å². The summed E-state index contributed by atoms with van der Waals surface area (Å²) < 4.78 is 0.153. The molecule has 0 radical (unpaired) electrons. The Hall–Kier alpha value is -0.290. The Morgan fingerprint density at radius 1 is 1.44 bits per heavy atom. The largest absolute Gasteiger partial charge is 0.392 e. The quantitative estimate of drug-likeness (QED) is 0.761. The summed E-state index contributed by atoms with van der Waals surface area (Å²) in [6.07, 6.45) is 1.68. The third kappa shape index (κ3) is 2.07. The van der Waals surface area contributed by atoms with E-state index < -0.39 is 5.41 Å². The normalized spacial score (nSPS) is 26.2. The average molecular weight is 258 g/mol. The van der Waals surface area contributed by atoms with Crippen LogP contribution >= 0.6 is 24.0 Å². The van der Waals surface area contributed by atoms with Crippen molar-refractivity contribution in [3.63, 3.8) is 0 Å². The van der Waals surface area contributed by atoms with Crippen LogP contribution in [0.3, 0.4) is 0 Å². The van der Waals surface area contributed by atoms with Crippen molar-refractivity contribution in [3.05, 3.63) is 0 Å². The molecular weight excluding hydrogens is 240 g/mol. The Labute approximate surface area is 106 Å². The van der Waals surface area contributed by atoms with Gasteiger partial charge in [0.1, 0.15) is 0 Å². The van der Waals surface area contributed by atoms with E-state index in [-0.39, 0.29) is 10.7 Å². The van der Waals surface area contributed by atoms with Gasteiger partial charge in [0.2, 0.25) is 5.91 Å². The molecule has 2 N–H and O–H groups in total. The lowest BCUT2D eigenvalue weighted by Gasteiger charge is -2.39. The van der Waals surface area contributed by atoms with Crippen LogP contribution in [0.25, 0.3) is 0 Å². The summed E-state index contributed by atoms with van der Waals surface area (Å²) in [7, 11) is 0. The third-order valence-corrected chi connectivity index (χ3v) is 5.03. The molecule has 90 valence electrons. The Balaban J connectivity index is 2.08. The molecule has 16 heavy (non-hydrogen) atoms. The van der Waals surface area contributed by atoms with Gasteiger partial charge in [-0.25, -0.2) is 0 Å². The number of rotatable bonds is 2. The zero-order valence-corrected chi connectivity index (χ0v) is 11.4. The smallest absolute Gasteiger partial charge is 0.235 e. The molecule has 1 aliphatic heterocycles. The molecule has 0 aromatic rings. The second-order valence-electron chi connectivity index (χ2n) is 5.28. The van der Waals surface area contributed by atoms with Gasteiger partial charge in [-0.3, -0.25) is 4.79 Å². The highest BCUT2D eigenvalue weighted by Crippen LogP contribution is 2.48. The zero-order chi connectivity index (χ0) is 12.0. The summed E-state index contributed by atoms with van der Waals surface area (Å²) in [6.45, 7) is 5.99. The predicted octanol–water partition coefficient (Wildman–Crippen LogP) is 1.41. The zero-order valence-electron chi connectivity index (χ0n) is 9.78. The molecule has 0 bridgehead atoms. The number of carbonyl (C=O) groups excluding carboxylic acids is 1. The number of carbonyl (C=O) groups is 1. The molecule has 5 heteroatoms. The predicted molar refractivity (Wildman–Crippen MR) is 71.6 cm³/mol. The van der Waals surface area contributed by atoms with Crippen molar-refractivity contribution in [3.8, 4) is 0 Å². The third-order valence-electron chi connectivity index (χ3n) is 3.34. The molecule has 1 amide bonds. The minimum absolute atomic E-state index is 0.153. The average Bonchev–Trinajstić information content (AvgIpc) is 2.95. The molecular formula is C11H18N2OS2. The molecule has 0 unspecified atom stereocenters. The van der Waals surface area contributed by atoms with Crippen LogP contribution in [0, 0.1) is 5.41 Å². The maximum Gasteiger partial charge on any atom is 0.235 e. The summed E-state index contributed by atoms with van der Waals surface area (Å²) in [6, 6.07) is 0. The Morgan fingerprint density at radius 2 is 2.06 bits per heavy atom. The number of thioether (sulfide) groups is 1. The van der Waals surface area contributed by atoms with E-state index in [1.165, 1.54) is 0 Å². The first-order chi connectivity index (χ1) is 7.37. The summed E-state index contributed by atoms with van der Waals surface area (Å²) in [5, 5.41) is 0. The van der Waals surface area contributed by atoms with Gasteiger partial charge in [0.15, 0.2) is 0 Å². The second-order valence-corrected chi connectivity index (χ2v) is 7.52. The fourth-order valence-electron chi connectivity index (χ4n) is 2.18. The minimum Gasteiger partial charge on any atom is -0.392 e. The molecule has 2 fully saturated rings. The maximum atomic E-state index is 12.4. The van der Waals surface area contributed by atoms with E-state index in [0.29, 0.717) is 4.99 Å². The number of hydrogen-bond donors (Lipinski definition) is 1. The lowest BCUT2D eigenvalue weighted by Crippen LogP contribution is -2.51. The summed E-state index contributed by atoms with van der Waals surface area (Å²) in [4.78, 5) is 14.7. The minimum atomic E-state index is -0.479. The van der Waals surface area contributed by atoms with Crippen molar-refractivity contribution in [2.75, 3.05) is 18.8 Å². The van der Waals surface area contributed by atoms with E-state index >= 15 is 0 Å². The van der Waals surface area contributed by atoms with Gasteiger partial charge in [-0.2, -0.15) is 11.8 Å². The molecule has 1 heterocycles. The molecule has 1 saturated heterocycles. The van der Waals surface area contributed by atoms with E-state index in [4.69, 9.17) is 18.0 Å². The first-order valence-electron chi connectivity index (χ1n) is 5.61. The van der Waals surface area contributed by atoms with E-state index in [1.54, 1.807) is 0 Å². The van der Waals surface area contributed by atoms with Crippen LogP contribution in [0.15, 0.2) is 0 Å². The van der Waals surface area contributed by atoms with E-state index in [0.717, 1.165) is 31.7 Å². The molecule has 0 atom stereocenters. The first-order valence-corrected chi connectivity index (χ1v) is 7.00. The van der Waals surface area contributed by atoms with Gasteiger partial charge in [-0.1, -0.05) is 12.2 Å². The molecule has 2 aliphatic rings. The van der Waals surface area contributed by atoms with Crippen molar-refractivity contribution >= 4 is 34.9 Å². The summed E-state index contributed by atoms with van der Waals surface area (Å²) in [5.74, 6) is 1.17. The van der Waals surface area contributed by atoms with Gasteiger partial charge in [0.05, 0.1) is 10.4 Å². The molecule has 3 nitrogen and oxygen atoms in total. The highest BCUT2D eigenvalue weighted by atomic mass is 32.2. The molecule has 1 aliphatic carbocycles. The van der Waals surface area contributed by atoms with Gasteiger partial charge in [0.25, 0.3) is 0 Å². The van der Waals surface area contributed by atoms with Crippen molar-refractivity contribution in [1.82, 2.24) is 4.90 Å². The second kappa shape index (κ2) is 3.88. The lowest BCUT2D eigenvalue weighted by atomic mass is 10.0. The van der Waals surface area contributed by atoms with E-state index in [2.05, 4.69) is 13.8 Å². The molecule has 0 aromatic heterocycles. The SMILES string of the molecule is CC1(C)CN(C(=O)C2(C(N)=S)CC2)CCS1. The van der Waals surface area contributed by atoms with Gasteiger partial charge in [0, 0.05) is 23.6 Å². The number of hydrogen-bond acceptors (Lipinski definition) is 3. The van der Waals surface area contributed by atoms with Gasteiger partial charge in [-0.05, 0) is 26.7 Å². The highest BCUT2D eigenvalue weighted by Gasteiger charge is 2.55. The van der Waals surface area contributed by atoms with Crippen LogP contribution in [0.2, 0.25) is 0 Å². The van der Waals surface area contributed by atoms with Crippen LogP contribution in [0.5, 0.6) is 0 Å². The topological polar surface area (TPSA) is 46.3 Å². The van der Waals surface area contributed by atoms with Crippen molar-refractivity contribution < 1.29 is 4.79 Å². The number of thiocarbonyl (C=S) groups is 1. The monoisotopic (exact) mass is 258 g/mol. The lowest BCUT2D eigenvalue weighted by molar-refractivity contribution is -0.134. The van der Waals surface area contributed by atoms with Crippen LogP contribution in [-0.4, -0.2) is 39.4 Å². The van der Waals surface area contributed by atoms with E-state index in [1.807, 2.05) is 16.7 Å². The number of amides is 1. The van der Waals surface area contributed by atoms with Crippen LogP contribution < -0.4 is 5.73 Å². The van der Waals surface area contributed by atoms with Crippen molar-refractivity contribution in [1.29, 1.82) is 0 Å². The standard InChI is InChI=1S/C11H18N2OS2/c1-10(2)7-13(5-6-16-10)9(14)11(3-4-11)8(12)15/h3-7H2,1-2H3,(H2,12,15). The highest BCUT2D eigenvalue weighted by molar-refractivity contribution is 8.00. The fraction of sp³-hybridized carbons (Fsp3) is 0.818. The maximum absolute atomic E-state index is 12.4. The molecule has 2 rings (SSSR count). The Bertz CT molecular complexity index is 337. The first kappa shape index (κ1) is 12.2. The Morgan fingerprint density at radius 3 is 2.50 bits per heavy atom. The van der Waals surface area contributed by atoms with E-state index in [9.17, 15) is 4.79 Å². The van der Waals surface area contributed by atoms with Gasteiger partial charge in [-0.15, -0.1) is 0 Å². The molecule has 0 spiro atoms. The fourth-order valence-corrected chi connectivity index (χ4v) is 3.59. The van der Waals surface area contributed by atoms with Gasteiger partial charge >= 0.3 is 0 Å². The van der Waals surface area contributed by atoms with Crippen LogP contribution in [-0.2, 0) is 4.79 Å². The summed E-state index contributed by atoms with van der Waals surface area (Å²) >= 11 is 6.94. The van der Waals surface area contributed by atoms with Gasteiger partial charge < -0.3 is 10.6 Å². The molecule has 0 aromatic carbocycles. The van der Waals surface area contributed by atoms with Crippen LogP contribution in [0.4, 0.5) is 0 Å². The number of nitrogens with two attached hydrogens (primary N) is 1. The Kier molecular flexibility index (Phi) is 2.95. The van der Waals surface area contributed by atoms with Crippen molar-refractivity contribution in [2.45, 2.75) is 31.4 Å². The molecule has 1 saturated carbocycles. The number of nitrogens with zero attached hydrogens (tertiary/aromatic N) is 1.